The molecular weight excluding hydrogens is 328 g/mol. The molecule has 0 aliphatic heterocycles. The molecule has 19 heavy (non-hydrogen) atoms. The van der Waals surface area contributed by atoms with Gasteiger partial charge in [0.05, 0.1) is 12.4 Å². The van der Waals surface area contributed by atoms with Crippen LogP contribution in [0, 0.1) is 0 Å². The number of aromatic nitrogens is 4. The molecule has 96 valence electrons. The van der Waals surface area contributed by atoms with Crippen LogP contribution in [0.3, 0.4) is 0 Å². The molecule has 0 unspecified atom stereocenters. The molecule has 0 amide bonds. The first-order chi connectivity index (χ1) is 9.28. The van der Waals surface area contributed by atoms with E-state index in [4.69, 9.17) is 11.6 Å². The van der Waals surface area contributed by atoms with E-state index in [-0.39, 0.29) is 0 Å². The molecule has 0 radical (unpaired) electrons. The summed E-state index contributed by atoms with van der Waals surface area (Å²) in [5.74, 6) is 1.18. The third kappa shape index (κ3) is 2.48. The smallest absolute Gasteiger partial charge is 0.160 e. The zero-order chi connectivity index (χ0) is 13.2. The fourth-order valence-electron chi connectivity index (χ4n) is 1.97. The van der Waals surface area contributed by atoms with Crippen LogP contribution in [0.5, 0.6) is 0 Å². The monoisotopic (exact) mass is 336 g/mol. The number of fused-ring (bicyclic) bond motifs is 1. The maximum absolute atomic E-state index is 5.97. The molecule has 0 fully saturated rings. The van der Waals surface area contributed by atoms with Crippen LogP contribution in [-0.2, 0) is 12.4 Å². The molecule has 0 bridgehead atoms. The fraction of sp³-hybridized carbons (Fsp3) is 0.154. The van der Waals surface area contributed by atoms with E-state index >= 15 is 0 Å². The van der Waals surface area contributed by atoms with Gasteiger partial charge in [0, 0.05) is 23.1 Å². The molecule has 0 aromatic carbocycles. The minimum atomic E-state index is 0.360. The summed E-state index contributed by atoms with van der Waals surface area (Å²) in [4.78, 5) is 13.0. The number of alkyl halides is 1. The summed E-state index contributed by atoms with van der Waals surface area (Å²) in [7, 11) is 0. The van der Waals surface area contributed by atoms with Crippen LogP contribution in [0.4, 0.5) is 0 Å². The second-order valence-corrected chi connectivity index (χ2v) is 5.28. The third-order valence-electron chi connectivity index (χ3n) is 2.84. The largest absolute Gasteiger partial charge is 0.307 e. The molecule has 3 aromatic rings. The second-order valence-electron chi connectivity index (χ2n) is 4.10. The Labute approximate surface area is 123 Å². The number of hydrogen-bond acceptors (Lipinski definition) is 3. The quantitative estimate of drug-likeness (QED) is 0.688. The van der Waals surface area contributed by atoms with Gasteiger partial charge in [-0.2, -0.15) is 0 Å². The molecular formula is C13H10BrClN4. The Morgan fingerprint density at radius 2 is 2.05 bits per heavy atom. The Hall–Kier alpha value is -1.46. The van der Waals surface area contributed by atoms with Gasteiger partial charge in [-0.05, 0) is 39.7 Å². The summed E-state index contributed by atoms with van der Waals surface area (Å²) < 4.78 is 2.94. The van der Waals surface area contributed by atoms with Crippen LogP contribution < -0.4 is 0 Å². The van der Waals surface area contributed by atoms with E-state index in [0.29, 0.717) is 12.4 Å². The number of rotatable bonds is 3. The van der Waals surface area contributed by atoms with Crippen LogP contribution in [0.25, 0.3) is 11.2 Å². The van der Waals surface area contributed by atoms with Gasteiger partial charge in [0.15, 0.2) is 5.65 Å². The van der Waals surface area contributed by atoms with Crippen LogP contribution in [0.15, 0.2) is 41.3 Å². The molecule has 3 aromatic heterocycles. The van der Waals surface area contributed by atoms with E-state index < -0.39 is 0 Å². The van der Waals surface area contributed by atoms with Crippen molar-refractivity contribution in [1.29, 1.82) is 0 Å². The van der Waals surface area contributed by atoms with Gasteiger partial charge >= 0.3 is 0 Å². The zero-order valence-electron chi connectivity index (χ0n) is 9.92. The van der Waals surface area contributed by atoms with Crippen molar-refractivity contribution in [3.05, 3.63) is 52.7 Å². The predicted molar refractivity (Wildman–Crippen MR) is 78.1 cm³/mol. The van der Waals surface area contributed by atoms with Crippen LogP contribution >= 0.6 is 27.5 Å². The number of halogens is 2. The number of nitrogens with zero attached hydrogens (tertiary/aromatic N) is 4. The first kappa shape index (κ1) is 12.6. The summed E-state index contributed by atoms with van der Waals surface area (Å²) in [6, 6.07) is 5.90. The van der Waals surface area contributed by atoms with Crippen molar-refractivity contribution in [3.8, 4) is 0 Å². The van der Waals surface area contributed by atoms with Crippen molar-refractivity contribution in [2.45, 2.75) is 12.4 Å². The van der Waals surface area contributed by atoms with Gasteiger partial charge in [-0.15, -0.1) is 11.6 Å². The van der Waals surface area contributed by atoms with E-state index in [2.05, 4.69) is 30.9 Å². The highest BCUT2D eigenvalue weighted by Crippen LogP contribution is 2.20. The van der Waals surface area contributed by atoms with Gasteiger partial charge in [-0.1, -0.05) is 0 Å². The molecule has 0 N–H and O–H groups in total. The lowest BCUT2D eigenvalue weighted by molar-refractivity contribution is 0.769. The Morgan fingerprint density at radius 1 is 1.26 bits per heavy atom. The average molecular weight is 338 g/mol. The molecule has 0 saturated carbocycles. The number of pyridine rings is 2. The lowest BCUT2D eigenvalue weighted by Gasteiger charge is -2.06. The van der Waals surface area contributed by atoms with Gasteiger partial charge in [-0.3, -0.25) is 4.98 Å². The second kappa shape index (κ2) is 5.27. The molecule has 0 aliphatic carbocycles. The van der Waals surface area contributed by atoms with E-state index in [1.54, 1.807) is 18.6 Å². The SMILES string of the molecule is ClCc1nc2cc(Br)cnc2n1Cc1ccncc1. The molecule has 0 saturated heterocycles. The summed E-state index contributed by atoms with van der Waals surface area (Å²) in [6.07, 6.45) is 5.32. The number of imidazole rings is 1. The van der Waals surface area contributed by atoms with Crippen molar-refractivity contribution in [2.24, 2.45) is 0 Å². The minimum Gasteiger partial charge on any atom is -0.307 e. The first-order valence-electron chi connectivity index (χ1n) is 5.73. The Balaban J connectivity index is 2.11. The lowest BCUT2D eigenvalue weighted by atomic mass is 10.2. The van der Waals surface area contributed by atoms with Crippen LogP contribution in [0.1, 0.15) is 11.4 Å². The molecule has 4 nitrogen and oxygen atoms in total. The predicted octanol–water partition coefficient (Wildman–Crippen LogP) is 3.38. The van der Waals surface area contributed by atoms with Crippen molar-refractivity contribution < 1.29 is 0 Å². The molecule has 0 aliphatic rings. The average Bonchev–Trinajstić information content (AvgIpc) is 2.77. The van der Waals surface area contributed by atoms with Crippen molar-refractivity contribution >= 4 is 38.7 Å². The molecule has 0 spiro atoms. The Morgan fingerprint density at radius 3 is 2.79 bits per heavy atom. The van der Waals surface area contributed by atoms with E-state index in [1.165, 1.54) is 0 Å². The van der Waals surface area contributed by atoms with Crippen LogP contribution in [0.2, 0.25) is 0 Å². The highest BCUT2D eigenvalue weighted by molar-refractivity contribution is 9.10. The maximum atomic E-state index is 5.97. The highest BCUT2D eigenvalue weighted by Gasteiger charge is 2.11. The lowest BCUT2D eigenvalue weighted by Crippen LogP contribution is -2.04. The molecule has 3 heterocycles. The maximum Gasteiger partial charge on any atom is 0.160 e. The molecule has 0 atom stereocenters. The standard InChI is InChI=1S/C13H10BrClN4/c14-10-5-11-13(17-7-10)19(12(6-15)18-11)8-9-1-3-16-4-2-9/h1-5,7H,6,8H2. The van der Waals surface area contributed by atoms with Crippen LogP contribution in [-0.4, -0.2) is 19.5 Å². The Bertz CT molecular complexity index is 711. The summed E-state index contributed by atoms with van der Waals surface area (Å²) in [6.45, 7) is 0.690. The topological polar surface area (TPSA) is 43.6 Å². The fourth-order valence-corrected chi connectivity index (χ4v) is 2.50. The zero-order valence-corrected chi connectivity index (χ0v) is 12.3. The van der Waals surface area contributed by atoms with Gasteiger partial charge < -0.3 is 4.57 Å². The van der Waals surface area contributed by atoms with Gasteiger partial charge in [-0.25, -0.2) is 9.97 Å². The van der Waals surface area contributed by atoms with Gasteiger partial charge in [0.2, 0.25) is 0 Å². The van der Waals surface area contributed by atoms with Crippen molar-refractivity contribution in [1.82, 2.24) is 19.5 Å². The van der Waals surface area contributed by atoms with E-state index in [0.717, 1.165) is 27.0 Å². The highest BCUT2D eigenvalue weighted by atomic mass is 79.9. The summed E-state index contributed by atoms with van der Waals surface area (Å²) >= 11 is 9.38. The Kier molecular flexibility index (Phi) is 3.48. The first-order valence-corrected chi connectivity index (χ1v) is 7.06. The van der Waals surface area contributed by atoms with Crippen molar-refractivity contribution in [3.63, 3.8) is 0 Å². The third-order valence-corrected chi connectivity index (χ3v) is 3.51. The molecule has 3 rings (SSSR count). The van der Waals surface area contributed by atoms with E-state index in [1.807, 2.05) is 22.8 Å². The van der Waals surface area contributed by atoms with E-state index in [9.17, 15) is 0 Å². The normalized spacial score (nSPS) is 11.1. The van der Waals surface area contributed by atoms with Gasteiger partial charge in [0.1, 0.15) is 11.3 Å². The van der Waals surface area contributed by atoms with Gasteiger partial charge in [0.25, 0.3) is 0 Å². The minimum absolute atomic E-state index is 0.360. The summed E-state index contributed by atoms with van der Waals surface area (Å²) in [5.41, 5.74) is 2.83. The van der Waals surface area contributed by atoms with Crippen molar-refractivity contribution in [2.75, 3.05) is 0 Å². The summed E-state index contributed by atoms with van der Waals surface area (Å²) in [5, 5.41) is 0. The molecule has 6 heteroatoms. The number of hydrogen-bond donors (Lipinski definition) is 0.